The van der Waals surface area contributed by atoms with Crippen molar-refractivity contribution in [1.29, 1.82) is 0 Å². The van der Waals surface area contributed by atoms with Crippen LogP contribution in [0.5, 0.6) is 5.75 Å². The molecule has 0 saturated carbocycles. The average Bonchev–Trinajstić information content (AvgIpc) is 3.25. The number of aromatic nitrogens is 4. The van der Waals surface area contributed by atoms with Gasteiger partial charge in [0.05, 0.1) is 18.4 Å². The van der Waals surface area contributed by atoms with Gasteiger partial charge in [0.25, 0.3) is 0 Å². The zero-order valence-electron chi connectivity index (χ0n) is 16.5. The van der Waals surface area contributed by atoms with E-state index in [0.29, 0.717) is 11.4 Å². The highest BCUT2D eigenvalue weighted by atomic mass is 19.4. The van der Waals surface area contributed by atoms with Gasteiger partial charge in [-0.1, -0.05) is 29.4 Å². The van der Waals surface area contributed by atoms with E-state index in [9.17, 15) is 22.8 Å². The highest BCUT2D eigenvalue weighted by Gasteiger charge is 2.30. The molecule has 2 aromatic heterocycles. The van der Waals surface area contributed by atoms with Crippen LogP contribution in [-0.2, 0) is 12.7 Å². The topological polar surface area (TPSA) is 92.2 Å². The van der Waals surface area contributed by atoms with Gasteiger partial charge in [0, 0.05) is 18.0 Å². The molecule has 0 bridgehead atoms. The molecule has 0 aliphatic heterocycles. The summed E-state index contributed by atoms with van der Waals surface area (Å²) >= 11 is 0. The van der Waals surface area contributed by atoms with Gasteiger partial charge in [0.15, 0.2) is 0 Å². The lowest BCUT2D eigenvalue weighted by Gasteiger charge is -2.11. The number of alkyl halides is 3. The molecular formula is C21H15F3N4O4. The second kappa shape index (κ2) is 8.17. The summed E-state index contributed by atoms with van der Waals surface area (Å²) in [6.45, 7) is -0.229. The van der Waals surface area contributed by atoms with Gasteiger partial charge in [-0.2, -0.15) is 18.2 Å². The van der Waals surface area contributed by atoms with Crippen molar-refractivity contribution in [1.82, 2.24) is 19.3 Å². The van der Waals surface area contributed by atoms with Crippen molar-refractivity contribution in [3.63, 3.8) is 0 Å². The number of ether oxygens (including phenoxy) is 1. The smallest absolute Gasteiger partial charge is 0.416 e. The normalized spacial score (nSPS) is 11.5. The summed E-state index contributed by atoms with van der Waals surface area (Å²) in [5, 5.41) is 3.68. The fourth-order valence-electron chi connectivity index (χ4n) is 3.07. The molecule has 4 rings (SSSR count). The summed E-state index contributed by atoms with van der Waals surface area (Å²) in [6.07, 6.45) is -1.75. The second-order valence-electron chi connectivity index (χ2n) is 6.67. The van der Waals surface area contributed by atoms with E-state index in [2.05, 4.69) is 10.1 Å². The zero-order valence-corrected chi connectivity index (χ0v) is 16.5. The van der Waals surface area contributed by atoms with E-state index in [1.807, 2.05) is 0 Å². The van der Waals surface area contributed by atoms with Crippen molar-refractivity contribution in [3.8, 4) is 22.8 Å². The molecule has 0 amide bonds. The number of methoxy groups -OCH3 is 1. The van der Waals surface area contributed by atoms with Gasteiger partial charge in [-0.05, 0) is 24.3 Å². The Labute approximate surface area is 178 Å². The van der Waals surface area contributed by atoms with Crippen LogP contribution in [0.4, 0.5) is 13.2 Å². The van der Waals surface area contributed by atoms with Gasteiger partial charge in [0.1, 0.15) is 12.3 Å². The molecule has 4 aromatic rings. The van der Waals surface area contributed by atoms with E-state index in [4.69, 9.17) is 9.26 Å². The molecule has 0 radical (unpaired) electrons. The molecule has 0 N–H and O–H groups in total. The number of nitrogens with zero attached hydrogens (tertiary/aromatic N) is 4. The third kappa shape index (κ3) is 4.04. The molecule has 0 spiro atoms. The fraction of sp³-hybridized carbons (Fsp3) is 0.143. The van der Waals surface area contributed by atoms with E-state index < -0.39 is 22.9 Å². The molecule has 164 valence electrons. The zero-order chi connectivity index (χ0) is 22.9. The minimum atomic E-state index is -4.51. The fourth-order valence-corrected chi connectivity index (χ4v) is 3.07. The summed E-state index contributed by atoms with van der Waals surface area (Å²) in [4.78, 5) is 29.2. The summed E-state index contributed by atoms with van der Waals surface area (Å²) in [5.74, 6) is 0.296. The Morgan fingerprint density at radius 3 is 2.56 bits per heavy atom. The first kappa shape index (κ1) is 21.1. The molecular weight excluding hydrogens is 429 g/mol. The summed E-state index contributed by atoms with van der Waals surface area (Å²) in [6, 6.07) is 11.2. The molecule has 8 nitrogen and oxygen atoms in total. The molecule has 0 atom stereocenters. The Morgan fingerprint density at radius 1 is 1.03 bits per heavy atom. The summed E-state index contributed by atoms with van der Waals surface area (Å²) in [7, 11) is 1.45. The van der Waals surface area contributed by atoms with Crippen LogP contribution in [0.25, 0.3) is 17.1 Å². The average molecular weight is 444 g/mol. The van der Waals surface area contributed by atoms with Gasteiger partial charge in [-0.25, -0.2) is 0 Å². The second-order valence-corrected chi connectivity index (χ2v) is 6.67. The first-order valence-corrected chi connectivity index (χ1v) is 9.23. The van der Waals surface area contributed by atoms with Crippen LogP contribution >= 0.6 is 0 Å². The lowest BCUT2D eigenvalue weighted by Crippen LogP contribution is -2.40. The van der Waals surface area contributed by atoms with E-state index in [-0.39, 0.29) is 23.8 Å². The Kier molecular flexibility index (Phi) is 5.39. The van der Waals surface area contributed by atoms with Crippen LogP contribution in [0.15, 0.2) is 75.0 Å². The van der Waals surface area contributed by atoms with Crippen molar-refractivity contribution in [2.75, 3.05) is 7.11 Å². The van der Waals surface area contributed by atoms with Crippen molar-refractivity contribution in [3.05, 3.63) is 93.1 Å². The van der Waals surface area contributed by atoms with Gasteiger partial charge in [-0.15, -0.1) is 0 Å². The largest absolute Gasteiger partial charge is 0.495 e. The van der Waals surface area contributed by atoms with E-state index >= 15 is 0 Å². The van der Waals surface area contributed by atoms with Crippen LogP contribution in [-0.4, -0.2) is 26.4 Å². The van der Waals surface area contributed by atoms with Crippen molar-refractivity contribution in [2.24, 2.45) is 0 Å². The predicted octanol–water partition coefficient (Wildman–Crippen LogP) is 3.12. The maximum absolute atomic E-state index is 12.9. The Hall–Kier alpha value is -4.15. The highest BCUT2D eigenvalue weighted by molar-refractivity contribution is 5.55. The first-order valence-electron chi connectivity index (χ1n) is 9.23. The molecule has 11 heteroatoms. The van der Waals surface area contributed by atoms with Crippen LogP contribution in [0.3, 0.4) is 0 Å². The molecule has 0 unspecified atom stereocenters. The number of para-hydroxylation sites is 2. The molecule has 2 aromatic carbocycles. The van der Waals surface area contributed by atoms with Gasteiger partial charge in [-0.3, -0.25) is 18.7 Å². The standard InChI is InChI=1S/C21H15F3N4O4/c1-31-16-8-3-2-7-15(16)28-10-9-27(19(29)20(28)30)12-17-25-18(26-32-17)13-5-4-6-14(11-13)21(22,23)24/h2-11H,12H2,1H3. The molecule has 2 heterocycles. The minimum Gasteiger partial charge on any atom is -0.495 e. The third-order valence-electron chi connectivity index (χ3n) is 4.62. The van der Waals surface area contributed by atoms with E-state index in [0.717, 1.165) is 21.3 Å². The first-order chi connectivity index (χ1) is 15.3. The molecule has 0 aliphatic carbocycles. The van der Waals surface area contributed by atoms with Gasteiger partial charge in [0.2, 0.25) is 11.7 Å². The monoisotopic (exact) mass is 444 g/mol. The molecule has 0 fully saturated rings. The Morgan fingerprint density at radius 2 is 1.81 bits per heavy atom. The third-order valence-corrected chi connectivity index (χ3v) is 4.62. The van der Waals surface area contributed by atoms with Crippen molar-refractivity contribution >= 4 is 0 Å². The van der Waals surface area contributed by atoms with E-state index in [1.165, 1.54) is 31.6 Å². The van der Waals surface area contributed by atoms with Crippen LogP contribution in [0.2, 0.25) is 0 Å². The number of benzene rings is 2. The van der Waals surface area contributed by atoms with Crippen molar-refractivity contribution < 1.29 is 22.4 Å². The lowest BCUT2D eigenvalue weighted by molar-refractivity contribution is -0.137. The van der Waals surface area contributed by atoms with Gasteiger partial charge >= 0.3 is 17.3 Å². The highest BCUT2D eigenvalue weighted by Crippen LogP contribution is 2.31. The maximum atomic E-state index is 12.9. The Balaban J connectivity index is 1.63. The number of halogens is 3. The van der Waals surface area contributed by atoms with Crippen LogP contribution in [0.1, 0.15) is 11.5 Å². The van der Waals surface area contributed by atoms with Gasteiger partial charge < -0.3 is 9.26 Å². The van der Waals surface area contributed by atoms with Crippen LogP contribution in [0, 0.1) is 0 Å². The summed E-state index contributed by atoms with van der Waals surface area (Å²) < 4.78 is 51.3. The lowest BCUT2D eigenvalue weighted by atomic mass is 10.1. The summed E-state index contributed by atoms with van der Waals surface area (Å²) in [5.41, 5.74) is -2.02. The minimum absolute atomic E-state index is 0.0473. The quantitative estimate of drug-likeness (QED) is 0.439. The molecule has 0 saturated heterocycles. The number of rotatable bonds is 5. The van der Waals surface area contributed by atoms with Crippen molar-refractivity contribution in [2.45, 2.75) is 12.7 Å². The number of hydrogen-bond donors (Lipinski definition) is 0. The van der Waals surface area contributed by atoms with E-state index in [1.54, 1.807) is 24.3 Å². The molecule has 0 aliphatic rings. The van der Waals surface area contributed by atoms with Crippen LogP contribution < -0.4 is 15.9 Å². The predicted molar refractivity (Wildman–Crippen MR) is 107 cm³/mol. The molecule has 32 heavy (non-hydrogen) atoms. The SMILES string of the molecule is COc1ccccc1-n1ccn(Cc2nc(-c3cccc(C(F)(F)F)c3)no2)c(=O)c1=O. The number of hydrogen-bond acceptors (Lipinski definition) is 6. The maximum Gasteiger partial charge on any atom is 0.416 e. The Bertz CT molecular complexity index is 1390.